The van der Waals surface area contributed by atoms with Crippen LogP contribution in [-0.4, -0.2) is 77.5 Å². The summed E-state index contributed by atoms with van der Waals surface area (Å²) in [6, 6.07) is 29.7. The van der Waals surface area contributed by atoms with Gasteiger partial charge in [-0.1, -0.05) is 130 Å². The van der Waals surface area contributed by atoms with Gasteiger partial charge in [0.2, 0.25) is 0 Å². The predicted molar refractivity (Wildman–Crippen MR) is 194 cm³/mol. The average Bonchev–Trinajstić information content (AvgIpc) is 3.15. The second kappa shape index (κ2) is 16.4. The van der Waals surface area contributed by atoms with Crippen LogP contribution in [0.3, 0.4) is 0 Å². The smallest absolute Gasteiger partial charge is 0.331 e. The summed E-state index contributed by atoms with van der Waals surface area (Å²) in [4.78, 5) is 15.5. The minimum Gasteiger partial charge on any atom is -0.467 e. The molecule has 9 atom stereocenters. The lowest BCUT2D eigenvalue weighted by atomic mass is 9.85. The summed E-state index contributed by atoms with van der Waals surface area (Å²) in [7, 11) is -1.65. The molecule has 0 spiro atoms. The van der Waals surface area contributed by atoms with Crippen molar-refractivity contribution in [3.8, 4) is 0 Å². The number of azide groups is 1. The maximum atomic E-state index is 12.3. The normalized spacial score (nSPS) is 29.7. The Morgan fingerprint density at radius 2 is 1.55 bits per heavy atom. The van der Waals surface area contributed by atoms with E-state index in [1.165, 1.54) is 17.5 Å². The lowest BCUT2D eigenvalue weighted by Gasteiger charge is -2.51. The zero-order chi connectivity index (χ0) is 36.0. The van der Waals surface area contributed by atoms with E-state index < -0.39 is 57.3 Å². The van der Waals surface area contributed by atoms with E-state index in [0.717, 1.165) is 24.8 Å². The van der Waals surface area contributed by atoms with Crippen molar-refractivity contribution in [2.45, 2.75) is 101 Å². The van der Waals surface area contributed by atoms with Crippen molar-refractivity contribution < 1.29 is 37.6 Å². The van der Waals surface area contributed by atoms with E-state index >= 15 is 0 Å². The van der Waals surface area contributed by atoms with Crippen molar-refractivity contribution >= 4 is 24.7 Å². The number of nitrogens with zero attached hydrogens (tertiary/aromatic N) is 3. The predicted octanol–water partition coefficient (Wildman–Crippen LogP) is 6.21. The fourth-order valence-corrected chi connectivity index (χ4v) is 12.6. The van der Waals surface area contributed by atoms with Gasteiger partial charge in [0.25, 0.3) is 8.32 Å². The number of rotatable bonds is 11. The van der Waals surface area contributed by atoms with E-state index in [1.54, 1.807) is 0 Å². The molecule has 3 aliphatic rings. The van der Waals surface area contributed by atoms with Gasteiger partial charge < -0.3 is 32.8 Å². The molecule has 5 unspecified atom stereocenters. The Morgan fingerprint density at radius 1 is 0.922 bits per heavy atom. The van der Waals surface area contributed by atoms with Gasteiger partial charge >= 0.3 is 5.97 Å². The first-order valence-electron chi connectivity index (χ1n) is 17.8. The van der Waals surface area contributed by atoms with Gasteiger partial charge in [0, 0.05) is 10.5 Å². The number of carbonyl (C=O) groups excluding carboxylic acids is 1. The van der Waals surface area contributed by atoms with Gasteiger partial charge in [0.1, 0.15) is 31.0 Å². The second-order valence-electron chi connectivity index (χ2n) is 14.6. The van der Waals surface area contributed by atoms with Crippen LogP contribution in [0.5, 0.6) is 0 Å². The summed E-state index contributed by atoms with van der Waals surface area (Å²) < 4.78 is 44.8. The molecule has 3 aromatic rings. The molecule has 0 N–H and O–H groups in total. The second-order valence-corrected chi connectivity index (χ2v) is 18.8. The summed E-state index contributed by atoms with van der Waals surface area (Å²) in [6.07, 6.45) is -2.02. The number of benzene rings is 3. The van der Waals surface area contributed by atoms with E-state index in [9.17, 15) is 10.3 Å². The lowest BCUT2D eigenvalue weighted by molar-refractivity contribution is -0.353. The molecule has 0 amide bonds. The zero-order valence-corrected chi connectivity index (χ0v) is 31.0. The Hall–Kier alpha value is -3.58. The highest BCUT2D eigenvalue weighted by molar-refractivity contribution is 6.99. The Morgan fingerprint density at radius 3 is 2.14 bits per heavy atom. The van der Waals surface area contributed by atoms with Crippen LogP contribution in [-0.2, 0) is 37.6 Å². The highest BCUT2D eigenvalue weighted by Gasteiger charge is 2.55. The minimum atomic E-state index is -2.95. The first-order chi connectivity index (χ1) is 24.7. The SMILES string of the molecule is COC(=O)CO[C@@H]1C(N=[N+]=[N-])C(OC2CCC[C@H](C)[C@@H]2O[Si](c2ccccc2)(c2ccccc2)C(C)(C)C)OC2COC(c3ccccc3)O[C@@H]21. The average molecular weight is 716 g/mol. The monoisotopic (exact) mass is 715 g/mol. The summed E-state index contributed by atoms with van der Waals surface area (Å²) in [6.45, 7) is 8.82. The highest BCUT2D eigenvalue weighted by atomic mass is 28.4. The van der Waals surface area contributed by atoms with Crippen LogP contribution in [0.1, 0.15) is 58.8 Å². The Kier molecular flexibility index (Phi) is 12.0. The van der Waals surface area contributed by atoms with Crippen LogP contribution >= 0.6 is 0 Å². The molecule has 0 bridgehead atoms. The van der Waals surface area contributed by atoms with Gasteiger partial charge in [-0.05, 0) is 39.7 Å². The van der Waals surface area contributed by atoms with Gasteiger partial charge in [-0.2, -0.15) is 0 Å². The molecule has 0 aromatic heterocycles. The zero-order valence-electron chi connectivity index (χ0n) is 30.0. The summed E-state index contributed by atoms with van der Waals surface area (Å²) >= 11 is 0. The fraction of sp³-hybridized carbons (Fsp3) is 0.513. The van der Waals surface area contributed by atoms with Gasteiger partial charge in [-0.15, -0.1) is 0 Å². The molecule has 0 radical (unpaired) electrons. The third-order valence-corrected chi connectivity index (χ3v) is 15.3. The van der Waals surface area contributed by atoms with E-state index in [4.69, 9.17) is 32.8 Å². The maximum Gasteiger partial charge on any atom is 0.331 e. The first kappa shape index (κ1) is 37.2. The molecule has 12 heteroatoms. The van der Waals surface area contributed by atoms with Gasteiger partial charge in [-0.25, -0.2) is 4.79 Å². The van der Waals surface area contributed by atoms with E-state index in [1.807, 2.05) is 42.5 Å². The van der Waals surface area contributed by atoms with Crippen molar-refractivity contribution in [1.29, 1.82) is 0 Å². The summed E-state index contributed by atoms with van der Waals surface area (Å²) in [5.74, 6) is -0.402. The number of carbonyl (C=O) groups is 1. The topological polar surface area (TPSA) is 130 Å². The van der Waals surface area contributed by atoms with Crippen molar-refractivity contribution in [3.05, 3.63) is 107 Å². The molecule has 1 aliphatic carbocycles. The molecule has 2 heterocycles. The fourth-order valence-electron chi connectivity index (χ4n) is 7.79. The Balaban J connectivity index is 1.34. The van der Waals surface area contributed by atoms with E-state index in [0.29, 0.717) is 0 Å². The van der Waals surface area contributed by atoms with Crippen molar-refractivity contribution in [2.75, 3.05) is 20.3 Å². The van der Waals surface area contributed by atoms with E-state index in [-0.39, 0.29) is 30.3 Å². The minimum absolute atomic E-state index is 0.166. The number of hydrogen-bond acceptors (Lipinski definition) is 9. The number of ether oxygens (including phenoxy) is 6. The number of fused-ring (bicyclic) bond motifs is 1. The molecule has 6 rings (SSSR count). The largest absolute Gasteiger partial charge is 0.467 e. The Labute approximate surface area is 301 Å². The molecule has 272 valence electrons. The third-order valence-electron chi connectivity index (χ3n) is 10.3. The van der Waals surface area contributed by atoms with Gasteiger partial charge in [0.05, 0.1) is 25.9 Å². The molecule has 2 aliphatic heterocycles. The molecular weight excluding hydrogens is 667 g/mol. The van der Waals surface area contributed by atoms with Crippen molar-refractivity contribution in [1.82, 2.24) is 0 Å². The van der Waals surface area contributed by atoms with Crippen LogP contribution < -0.4 is 10.4 Å². The Bertz CT molecular complexity index is 1580. The molecule has 1 saturated carbocycles. The van der Waals surface area contributed by atoms with Crippen LogP contribution in [0.15, 0.2) is 96.1 Å². The molecule has 2 saturated heterocycles. The third kappa shape index (κ3) is 7.94. The summed E-state index contributed by atoms with van der Waals surface area (Å²) in [5, 5.41) is 6.29. The van der Waals surface area contributed by atoms with Crippen LogP contribution in [0.2, 0.25) is 5.04 Å². The molecular formula is C39H49N3O8Si. The lowest BCUT2D eigenvalue weighted by Crippen LogP contribution is -2.69. The number of methoxy groups -OCH3 is 1. The molecule has 3 aromatic carbocycles. The van der Waals surface area contributed by atoms with Crippen LogP contribution in [0, 0.1) is 5.92 Å². The quantitative estimate of drug-likeness (QED) is 0.0753. The first-order valence-corrected chi connectivity index (χ1v) is 19.7. The number of esters is 1. The standard InChI is InChI=1S/C39H49N3O8Si/c1-26-16-15-23-30(34(26)50-51(39(2,3)4,28-19-11-7-12-20-28)29-21-13-8-14-22-29)47-38-33(41-42-40)36(45-25-32(43)44-5)35-31(48-38)24-46-37(49-35)27-17-9-6-10-18-27/h6-14,17-22,26,30-31,33-38H,15-16,23-25H2,1-5H3/t26-,30?,31?,33?,34-,35-,36+,37?,38?/m0/s1. The molecule has 11 nitrogen and oxygen atoms in total. The van der Waals surface area contributed by atoms with Crippen LogP contribution in [0.4, 0.5) is 0 Å². The van der Waals surface area contributed by atoms with Crippen LogP contribution in [0.25, 0.3) is 10.4 Å². The maximum absolute atomic E-state index is 12.3. The highest BCUT2D eigenvalue weighted by Crippen LogP contribution is 2.43. The number of hydrogen-bond donors (Lipinski definition) is 0. The molecule has 3 fully saturated rings. The van der Waals surface area contributed by atoms with Crippen molar-refractivity contribution in [3.63, 3.8) is 0 Å². The van der Waals surface area contributed by atoms with Crippen molar-refractivity contribution in [2.24, 2.45) is 11.0 Å². The van der Waals surface area contributed by atoms with Gasteiger partial charge in [-0.3, -0.25) is 0 Å². The summed E-state index contributed by atoms with van der Waals surface area (Å²) in [5.41, 5.74) is 10.6. The van der Waals surface area contributed by atoms with Gasteiger partial charge in [0.15, 0.2) is 12.6 Å². The van der Waals surface area contributed by atoms with E-state index in [2.05, 4.69) is 86.3 Å². The molecule has 51 heavy (non-hydrogen) atoms.